The molecule has 2 rings (SSSR count). The van der Waals surface area contributed by atoms with Crippen LogP contribution in [0.5, 0.6) is 0 Å². The van der Waals surface area contributed by atoms with Crippen LogP contribution >= 0.6 is 11.6 Å². The van der Waals surface area contributed by atoms with Crippen LogP contribution < -0.4 is 5.32 Å². The number of rotatable bonds is 4. The van der Waals surface area contributed by atoms with Crippen molar-refractivity contribution >= 4 is 11.6 Å². The molecule has 2 heterocycles. The molecule has 0 unspecified atom stereocenters. The highest BCUT2D eigenvalue weighted by Crippen LogP contribution is 2.18. The number of halogens is 2. The Balaban J connectivity index is 2.34. The Labute approximate surface area is 116 Å². The van der Waals surface area contributed by atoms with Crippen LogP contribution in [-0.4, -0.2) is 20.8 Å². The van der Waals surface area contributed by atoms with Gasteiger partial charge in [-0.15, -0.1) is 0 Å². The summed E-state index contributed by atoms with van der Waals surface area (Å²) >= 11 is 5.93. The Morgan fingerprint density at radius 2 is 2.21 bits per heavy atom. The van der Waals surface area contributed by atoms with Gasteiger partial charge in [-0.25, -0.2) is 14.1 Å². The van der Waals surface area contributed by atoms with Gasteiger partial charge in [-0.3, -0.25) is 0 Å². The smallest absolute Gasteiger partial charge is 0.190 e. The molecule has 1 N–H and O–H groups in total. The first-order chi connectivity index (χ1) is 8.99. The highest BCUT2D eigenvalue weighted by atomic mass is 35.5. The van der Waals surface area contributed by atoms with E-state index in [2.05, 4.69) is 15.4 Å². The molecule has 0 radical (unpaired) electrons. The summed E-state index contributed by atoms with van der Waals surface area (Å²) in [5, 5.41) is 7.81. The summed E-state index contributed by atoms with van der Waals surface area (Å²) in [4.78, 5) is 4.03. The van der Waals surface area contributed by atoms with E-state index in [-0.39, 0.29) is 17.7 Å². The van der Waals surface area contributed by atoms with Gasteiger partial charge in [0.05, 0.1) is 16.9 Å². The van der Waals surface area contributed by atoms with Gasteiger partial charge in [0.15, 0.2) is 11.6 Å². The minimum atomic E-state index is -0.380. The number of hydrogen-bond acceptors (Lipinski definition) is 3. The molecular weight excluding hydrogens is 267 g/mol. The number of nitrogens with zero attached hydrogens (tertiary/aromatic N) is 3. The molecule has 0 saturated heterocycles. The molecule has 4 nitrogen and oxygen atoms in total. The third kappa shape index (κ3) is 3.11. The normalized spacial score (nSPS) is 11.3. The predicted octanol–water partition coefficient (Wildman–Crippen LogP) is 2.87. The van der Waals surface area contributed by atoms with Crippen LogP contribution in [0, 0.1) is 12.7 Å². The van der Waals surface area contributed by atoms with Crippen molar-refractivity contribution < 1.29 is 4.39 Å². The molecule has 0 aromatic carbocycles. The van der Waals surface area contributed by atoms with Gasteiger partial charge in [0.1, 0.15) is 0 Å². The van der Waals surface area contributed by atoms with Crippen molar-refractivity contribution in [1.82, 2.24) is 20.1 Å². The summed E-state index contributed by atoms with van der Waals surface area (Å²) in [5.74, 6) is -0.215. The summed E-state index contributed by atoms with van der Waals surface area (Å²) in [6.07, 6.45) is 3.13. The lowest BCUT2D eigenvalue weighted by Gasteiger charge is -2.10. The maximum Gasteiger partial charge on any atom is 0.190 e. The van der Waals surface area contributed by atoms with Gasteiger partial charge < -0.3 is 5.32 Å². The maximum absolute atomic E-state index is 14.3. The molecule has 0 aliphatic carbocycles. The third-order valence-corrected chi connectivity index (χ3v) is 3.08. The van der Waals surface area contributed by atoms with Crippen molar-refractivity contribution in [3.8, 4) is 5.82 Å². The fraction of sp³-hybridized carbons (Fsp3) is 0.385. The molecule has 0 aliphatic heterocycles. The van der Waals surface area contributed by atoms with Gasteiger partial charge in [0.25, 0.3) is 0 Å². The van der Waals surface area contributed by atoms with Crippen LogP contribution in [0.3, 0.4) is 0 Å². The zero-order valence-electron chi connectivity index (χ0n) is 11.1. The van der Waals surface area contributed by atoms with E-state index in [1.165, 1.54) is 4.68 Å². The standard InChI is InChI=1S/C13H16ClFN4/c1-8(2)17-6-10-4-5-16-13(12(10)15)19-7-11(14)9(3)18-19/h4-5,7-8,17H,6H2,1-3H3. The molecule has 0 aliphatic rings. The second-order valence-electron chi connectivity index (χ2n) is 4.65. The van der Waals surface area contributed by atoms with Gasteiger partial charge in [-0.05, 0) is 13.0 Å². The van der Waals surface area contributed by atoms with E-state index < -0.39 is 0 Å². The maximum atomic E-state index is 14.3. The lowest BCUT2D eigenvalue weighted by molar-refractivity contribution is 0.542. The molecule has 6 heteroatoms. The number of pyridine rings is 1. The summed E-state index contributed by atoms with van der Waals surface area (Å²) in [6.45, 7) is 6.24. The van der Waals surface area contributed by atoms with Crippen molar-refractivity contribution in [2.75, 3.05) is 0 Å². The van der Waals surface area contributed by atoms with Crippen LogP contribution in [0.15, 0.2) is 18.5 Å². The summed E-state index contributed by atoms with van der Waals surface area (Å²) in [6, 6.07) is 1.95. The van der Waals surface area contributed by atoms with Crippen LogP contribution in [0.25, 0.3) is 5.82 Å². The summed E-state index contributed by atoms with van der Waals surface area (Å²) in [5.41, 5.74) is 1.21. The fourth-order valence-corrected chi connectivity index (χ4v) is 1.76. The van der Waals surface area contributed by atoms with Crippen molar-refractivity contribution in [2.24, 2.45) is 0 Å². The van der Waals surface area contributed by atoms with E-state index in [1.54, 1.807) is 25.4 Å². The monoisotopic (exact) mass is 282 g/mol. The Hall–Kier alpha value is -1.46. The SMILES string of the molecule is Cc1nn(-c2nccc(CNC(C)C)c2F)cc1Cl. The fourth-order valence-electron chi connectivity index (χ4n) is 1.63. The highest BCUT2D eigenvalue weighted by Gasteiger charge is 2.13. The first-order valence-corrected chi connectivity index (χ1v) is 6.45. The number of hydrogen-bond donors (Lipinski definition) is 1. The minimum absolute atomic E-state index is 0.165. The van der Waals surface area contributed by atoms with E-state index in [9.17, 15) is 4.39 Å². The highest BCUT2D eigenvalue weighted by molar-refractivity contribution is 6.31. The van der Waals surface area contributed by atoms with Crippen molar-refractivity contribution in [3.05, 3.63) is 40.6 Å². The quantitative estimate of drug-likeness (QED) is 0.938. The molecule has 0 atom stereocenters. The van der Waals surface area contributed by atoms with E-state index in [4.69, 9.17) is 11.6 Å². The number of aryl methyl sites for hydroxylation is 1. The first-order valence-electron chi connectivity index (χ1n) is 6.08. The van der Waals surface area contributed by atoms with Gasteiger partial charge in [-0.2, -0.15) is 5.10 Å². The zero-order chi connectivity index (χ0) is 14.0. The molecule has 0 saturated carbocycles. The average Bonchev–Trinajstić information content (AvgIpc) is 2.68. The van der Waals surface area contributed by atoms with Gasteiger partial charge in [-0.1, -0.05) is 25.4 Å². The van der Waals surface area contributed by atoms with Crippen molar-refractivity contribution in [2.45, 2.75) is 33.4 Å². The lowest BCUT2D eigenvalue weighted by Crippen LogP contribution is -2.23. The largest absolute Gasteiger partial charge is 0.310 e. The van der Waals surface area contributed by atoms with Gasteiger partial charge in [0.2, 0.25) is 0 Å². The van der Waals surface area contributed by atoms with E-state index in [1.807, 2.05) is 13.8 Å². The second kappa shape index (κ2) is 5.67. The molecular formula is C13H16ClFN4. The van der Waals surface area contributed by atoms with Crippen LogP contribution in [-0.2, 0) is 6.54 Å². The predicted molar refractivity (Wildman–Crippen MR) is 73.0 cm³/mol. The molecule has 0 amide bonds. The van der Waals surface area contributed by atoms with E-state index in [0.29, 0.717) is 22.8 Å². The van der Waals surface area contributed by atoms with E-state index >= 15 is 0 Å². The Kier molecular flexibility index (Phi) is 4.17. The van der Waals surface area contributed by atoms with E-state index in [0.717, 1.165) is 0 Å². The van der Waals surface area contributed by atoms with Gasteiger partial charge in [0, 0.05) is 24.3 Å². The first kappa shape index (κ1) is 14.0. The Morgan fingerprint density at radius 1 is 1.47 bits per heavy atom. The molecule has 102 valence electrons. The number of aromatic nitrogens is 3. The van der Waals surface area contributed by atoms with Crippen LogP contribution in [0.4, 0.5) is 4.39 Å². The third-order valence-electron chi connectivity index (χ3n) is 2.71. The molecule has 2 aromatic heterocycles. The van der Waals surface area contributed by atoms with Crippen molar-refractivity contribution in [3.63, 3.8) is 0 Å². The van der Waals surface area contributed by atoms with Crippen LogP contribution in [0.1, 0.15) is 25.1 Å². The topological polar surface area (TPSA) is 42.7 Å². The number of nitrogens with one attached hydrogen (secondary N) is 1. The second-order valence-corrected chi connectivity index (χ2v) is 5.06. The molecule has 0 spiro atoms. The molecule has 19 heavy (non-hydrogen) atoms. The van der Waals surface area contributed by atoms with Gasteiger partial charge >= 0.3 is 0 Å². The van der Waals surface area contributed by atoms with Crippen LogP contribution in [0.2, 0.25) is 5.02 Å². The summed E-state index contributed by atoms with van der Waals surface area (Å²) < 4.78 is 15.7. The Morgan fingerprint density at radius 3 is 2.79 bits per heavy atom. The minimum Gasteiger partial charge on any atom is -0.310 e. The Bertz CT molecular complexity index is 561. The lowest BCUT2D eigenvalue weighted by atomic mass is 10.2. The average molecular weight is 283 g/mol. The zero-order valence-corrected chi connectivity index (χ0v) is 11.9. The molecule has 0 fully saturated rings. The summed E-state index contributed by atoms with van der Waals surface area (Å²) in [7, 11) is 0. The molecule has 2 aromatic rings. The van der Waals surface area contributed by atoms with Crippen molar-refractivity contribution in [1.29, 1.82) is 0 Å². The molecule has 0 bridgehead atoms.